The lowest BCUT2D eigenvalue weighted by Crippen LogP contribution is -2.45. The highest BCUT2D eigenvalue weighted by Crippen LogP contribution is 2.20. The van der Waals surface area contributed by atoms with E-state index in [4.69, 9.17) is 5.73 Å². The minimum absolute atomic E-state index is 0.0284. The van der Waals surface area contributed by atoms with Gasteiger partial charge in [-0.15, -0.1) is 0 Å². The lowest BCUT2D eigenvalue weighted by Gasteiger charge is -2.34. The summed E-state index contributed by atoms with van der Waals surface area (Å²) in [6.45, 7) is 3.50. The SMILES string of the molecule is C[C@@H](N)[C@@H]1CCCN(C(=O)c2cc(-n3cccn3)ccn2)C1. The van der Waals surface area contributed by atoms with Crippen LogP contribution in [0, 0.1) is 5.92 Å². The Morgan fingerprint density at radius 3 is 3.05 bits per heavy atom. The average molecular weight is 299 g/mol. The first-order chi connectivity index (χ1) is 10.6. The molecule has 2 N–H and O–H groups in total. The fraction of sp³-hybridized carbons (Fsp3) is 0.438. The van der Waals surface area contributed by atoms with E-state index < -0.39 is 0 Å². The molecule has 0 saturated carbocycles. The van der Waals surface area contributed by atoms with Crippen molar-refractivity contribution in [2.45, 2.75) is 25.8 Å². The molecule has 6 heteroatoms. The van der Waals surface area contributed by atoms with Gasteiger partial charge in [-0.1, -0.05) is 0 Å². The van der Waals surface area contributed by atoms with Crippen LogP contribution in [0.2, 0.25) is 0 Å². The quantitative estimate of drug-likeness (QED) is 0.931. The maximum absolute atomic E-state index is 12.7. The molecule has 0 aliphatic carbocycles. The third-order valence-corrected chi connectivity index (χ3v) is 4.22. The van der Waals surface area contributed by atoms with Crippen LogP contribution in [-0.4, -0.2) is 44.7 Å². The van der Waals surface area contributed by atoms with E-state index in [1.54, 1.807) is 23.1 Å². The number of hydrogen-bond acceptors (Lipinski definition) is 4. The van der Waals surface area contributed by atoms with Gasteiger partial charge in [0, 0.05) is 37.7 Å². The maximum atomic E-state index is 12.7. The number of hydrogen-bond donors (Lipinski definition) is 1. The first kappa shape index (κ1) is 14.7. The molecule has 1 aliphatic rings. The van der Waals surface area contributed by atoms with E-state index >= 15 is 0 Å². The summed E-state index contributed by atoms with van der Waals surface area (Å²) in [7, 11) is 0. The molecule has 22 heavy (non-hydrogen) atoms. The minimum Gasteiger partial charge on any atom is -0.337 e. The number of aromatic nitrogens is 3. The lowest BCUT2D eigenvalue weighted by molar-refractivity contribution is 0.0655. The van der Waals surface area contributed by atoms with E-state index in [1.165, 1.54) is 0 Å². The Bertz CT molecular complexity index is 638. The summed E-state index contributed by atoms with van der Waals surface area (Å²) in [6.07, 6.45) is 7.28. The molecule has 2 aromatic heterocycles. The second-order valence-corrected chi connectivity index (χ2v) is 5.86. The molecule has 0 bridgehead atoms. The largest absolute Gasteiger partial charge is 0.337 e. The van der Waals surface area contributed by atoms with Crippen LogP contribution in [-0.2, 0) is 0 Å². The normalized spacial score (nSPS) is 19.9. The van der Waals surface area contributed by atoms with E-state index in [1.807, 2.05) is 30.2 Å². The second kappa shape index (κ2) is 6.27. The first-order valence-electron chi connectivity index (χ1n) is 7.66. The van der Waals surface area contributed by atoms with Crippen molar-refractivity contribution in [2.24, 2.45) is 11.7 Å². The van der Waals surface area contributed by atoms with Gasteiger partial charge < -0.3 is 10.6 Å². The van der Waals surface area contributed by atoms with Crippen LogP contribution >= 0.6 is 0 Å². The number of nitrogens with zero attached hydrogens (tertiary/aromatic N) is 4. The van der Waals surface area contributed by atoms with Crippen LogP contribution in [0.1, 0.15) is 30.3 Å². The van der Waals surface area contributed by atoms with Crippen molar-refractivity contribution in [3.8, 4) is 5.69 Å². The number of piperidine rings is 1. The van der Waals surface area contributed by atoms with Crippen LogP contribution in [0.15, 0.2) is 36.8 Å². The van der Waals surface area contributed by atoms with Gasteiger partial charge in [0.05, 0.1) is 5.69 Å². The molecule has 1 amide bonds. The number of pyridine rings is 1. The summed E-state index contributed by atoms with van der Waals surface area (Å²) in [5.74, 6) is 0.339. The van der Waals surface area contributed by atoms with Crippen molar-refractivity contribution < 1.29 is 4.79 Å². The van der Waals surface area contributed by atoms with Crippen molar-refractivity contribution >= 4 is 5.91 Å². The lowest BCUT2D eigenvalue weighted by atomic mass is 9.92. The van der Waals surface area contributed by atoms with Gasteiger partial charge in [0.25, 0.3) is 5.91 Å². The van der Waals surface area contributed by atoms with Crippen LogP contribution < -0.4 is 5.73 Å². The Morgan fingerprint density at radius 2 is 2.32 bits per heavy atom. The average Bonchev–Trinajstić information content (AvgIpc) is 3.09. The van der Waals surface area contributed by atoms with E-state index in [9.17, 15) is 4.79 Å². The molecule has 1 aliphatic heterocycles. The van der Waals surface area contributed by atoms with Gasteiger partial charge in [-0.2, -0.15) is 5.10 Å². The highest BCUT2D eigenvalue weighted by molar-refractivity contribution is 5.92. The van der Waals surface area contributed by atoms with Crippen LogP contribution in [0.5, 0.6) is 0 Å². The Kier molecular flexibility index (Phi) is 4.20. The maximum Gasteiger partial charge on any atom is 0.272 e. The summed E-state index contributed by atoms with van der Waals surface area (Å²) in [4.78, 5) is 18.8. The van der Waals surface area contributed by atoms with Crippen molar-refractivity contribution in [3.05, 3.63) is 42.5 Å². The predicted octanol–water partition coefficient (Wildman–Crippen LogP) is 1.47. The molecule has 0 spiro atoms. The van der Waals surface area contributed by atoms with E-state index in [2.05, 4.69) is 10.1 Å². The predicted molar refractivity (Wildman–Crippen MR) is 83.6 cm³/mol. The van der Waals surface area contributed by atoms with E-state index in [0.29, 0.717) is 18.2 Å². The molecule has 1 fully saturated rings. The van der Waals surface area contributed by atoms with Gasteiger partial charge in [0.1, 0.15) is 5.69 Å². The number of carbonyl (C=O) groups is 1. The van der Waals surface area contributed by atoms with Crippen LogP contribution in [0.25, 0.3) is 5.69 Å². The summed E-state index contributed by atoms with van der Waals surface area (Å²) in [6, 6.07) is 5.58. The van der Waals surface area contributed by atoms with Gasteiger partial charge >= 0.3 is 0 Å². The van der Waals surface area contributed by atoms with E-state index in [0.717, 1.165) is 25.1 Å². The molecule has 2 atom stereocenters. The molecule has 116 valence electrons. The van der Waals surface area contributed by atoms with Crippen LogP contribution in [0.3, 0.4) is 0 Å². The Hall–Kier alpha value is -2.21. The smallest absolute Gasteiger partial charge is 0.272 e. The Labute approximate surface area is 129 Å². The molecule has 2 aromatic rings. The van der Waals surface area contributed by atoms with Gasteiger partial charge in [-0.25, -0.2) is 4.68 Å². The first-order valence-corrected chi connectivity index (χ1v) is 7.66. The molecule has 0 aromatic carbocycles. The molecule has 1 saturated heterocycles. The van der Waals surface area contributed by atoms with E-state index in [-0.39, 0.29) is 11.9 Å². The molecule has 3 rings (SSSR count). The second-order valence-electron chi connectivity index (χ2n) is 5.86. The Balaban J connectivity index is 1.79. The van der Waals surface area contributed by atoms with Gasteiger partial charge in [0.2, 0.25) is 0 Å². The zero-order chi connectivity index (χ0) is 15.5. The number of carbonyl (C=O) groups excluding carboxylic acids is 1. The minimum atomic E-state index is -0.0284. The van der Waals surface area contributed by atoms with Crippen molar-refractivity contribution in [2.75, 3.05) is 13.1 Å². The third kappa shape index (κ3) is 3.01. The monoisotopic (exact) mass is 299 g/mol. The highest BCUT2D eigenvalue weighted by atomic mass is 16.2. The zero-order valence-corrected chi connectivity index (χ0v) is 12.7. The van der Waals surface area contributed by atoms with Gasteiger partial charge in [-0.05, 0) is 43.9 Å². The van der Waals surface area contributed by atoms with Gasteiger partial charge in [-0.3, -0.25) is 9.78 Å². The number of rotatable bonds is 3. The number of amides is 1. The number of likely N-dealkylation sites (tertiary alicyclic amines) is 1. The molecular formula is C16H21N5O. The fourth-order valence-corrected chi connectivity index (χ4v) is 2.89. The summed E-state index contributed by atoms with van der Waals surface area (Å²) < 4.78 is 1.72. The molecular weight excluding hydrogens is 278 g/mol. The Morgan fingerprint density at radius 1 is 1.45 bits per heavy atom. The molecule has 0 unspecified atom stereocenters. The molecule has 3 heterocycles. The molecule has 6 nitrogen and oxygen atoms in total. The number of nitrogens with two attached hydrogens (primary N) is 1. The summed E-state index contributed by atoms with van der Waals surface area (Å²) in [5.41, 5.74) is 7.29. The summed E-state index contributed by atoms with van der Waals surface area (Å²) in [5, 5.41) is 4.18. The van der Waals surface area contributed by atoms with Crippen molar-refractivity contribution in [1.82, 2.24) is 19.7 Å². The van der Waals surface area contributed by atoms with Crippen molar-refractivity contribution in [1.29, 1.82) is 0 Å². The molecule has 0 radical (unpaired) electrons. The highest BCUT2D eigenvalue weighted by Gasteiger charge is 2.27. The zero-order valence-electron chi connectivity index (χ0n) is 12.7. The topological polar surface area (TPSA) is 77.0 Å². The van der Waals surface area contributed by atoms with Gasteiger partial charge in [0.15, 0.2) is 0 Å². The fourth-order valence-electron chi connectivity index (χ4n) is 2.89. The standard InChI is InChI=1S/C16H21N5O/c1-12(17)13-4-2-8-20(11-13)16(22)15-10-14(5-7-18-15)21-9-3-6-19-21/h3,5-7,9-10,12-13H,2,4,8,11,17H2,1H3/t12-,13-/m1/s1. The third-order valence-electron chi connectivity index (χ3n) is 4.22. The van der Waals surface area contributed by atoms with Crippen molar-refractivity contribution in [3.63, 3.8) is 0 Å². The summed E-state index contributed by atoms with van der Waals surface area (Å²) >= 11 is 0. The van der Waals surface area contributed by atoms with Crippen LogP contribution in [0.4, 0.5) is 0 Å².